The van der Waals surface area contributed by atoms with Crippen molar-refractivity contribution in [2.45, 2.75) is 32.0 Å². The highest BCUT2D eigenvalue weighted by molar-refractivity contribution is 5.73. The van der Waals surface area contributed by atoms with Crippen molar-refractivity contribution < 1.29 is 4.63 Å². The van der Waals surface area contributed by atoms with E-state index in [9.17, 15) is 0 Å². The Labute approximate surface area is 140 Å². The maximum atomic E-state index is 4.75. The first kappa shape index (κ1) is 15.2. The Morgan fingerprint density at radius 1 is 1.17 bits per heavy atom. The minimum atomic E-state index is 0.508. The molecule has 2 aromatic heterocycles. The summed E-state index contributed by atoms with van der Waals surface area (Å²) in [4.78, 5) is 6.91. The van der Waals surface area contributed by atoms with Gasteiger partial charge in [0.1, 0.15) is 11.0 Å². The van der Waals surface area contributed by atoms with Crippen molar-refractivity contribution in [3.05, 3.63) is 53.9 Å². The second-order valence-electron chi connectivity index (χ2n) is 6.36. The molecule has 24 heavy (non-hydrogen) atoms. The number of piperidine rings is 1. The van der Waals surface area contributed by atoms with Crippen LogP contribution in [0.4, 0.5) is 0 Å². The summed E-state index contributed by atoms with van der Waals surface area (Å²) in [6.07, 6.45) is 4.30. The lowest BCUT2D eigenvalue weighted by Gasteiger charge is -2.33. The largest absolute Gasteiger partial charge is 0.309 e. The second kappa shape index (κ2) is 7.07. The topological polar surface area (TPSA) is 67.1 Å². The highest BCUT2D eigenvalue weighted by Crippen LogP contribution is 2.15. The van der Waals surface area contributed by atoms with Crippen LogP contribution in [0.25, 0.3) is 11.0 Å². The number of benzene rings is 1. The molecule has 0 aliphatic carbocycles. The fourth-order valence-electron chi connectivity index (χ4n) is 3.29. The van der Waals surface area contributed by atoms with Crippen molar-refractivity contribution in [1.29, 1.82) is 0 Å². The van der Waals surface area contributed by atoms with Crippen molar-refractivity contribution in [1.82, 2.24) is 25.5 Å². The molecule has 0 radical (unpaired) electrons. The highest BCUT2D eigenvalue weighted by atomic mass is 16.6. The van der Waals surface area contributed by atoms with E-state index in [1.54, 1.807) is 0 Å². The molecule has 4 rings (SSSR count). The number of rotatable bonds is 5. The number of nitrogens with zero attached hydrogens (tertiary/aromatic N) is 4. The van der Waals surface area contributed by atoms with Crippen molar-refractivity contribution >= 4 is 11.0 Å². The molecule has 1 aliphatic rings. The van der Waals surface area contributed by atoms with Crippen LogP contribution >= 0.6 is 0 Å². The molecule has 0 saturated carbocycles. The number of aromatic nitrogens is 3. The van der Waals surface area contributed by atoms with Gasteiger partial charge in [-0.2, -0.15) is 0 Å². The molecule has 3 aromatic rings. The maximum absolute atomic E-state index is 4.75. The summed E-state index contributed by atoms with van der Waals surface area (Å²) < 4.78 is 4.75. The third kappa shape index (κ3) is 3.60. The molecule has 1 saturated heterocycles. The van der Waals surface area contributed by atoms with Gasteiger partial charge in [0.2, 0.25) is 0 Å². The van der Waals surface area contributed by atoms with E-state index in [2.05, 4.69) is 43.7 Å². The summed E-state index contributed by atoms with van der Waals surface area (Å²) in [7, 11) is 0. The number of fused-ring (bicyclic) bond motifs is 1. The Morgan fingerprint density at radius 2 is 2.12 bits per heavy atom. The Bertz CT molecular complexity index is 788. The van der Waals surface area contributed by atoms with Crippen LogP contribution in [0.15, 0.2) is 47.2 Å². The van der Waals surface area contributed by atoms with Crippen LogP contribution in [0.2, 0.25) is 0 Å². The molecule has 0 bridgehead atoms. The Morgan fingerprint density at radius 3 is 3.04 bits per heavy atom. The molecule has 124 valence electrons. The predicted octanol–water partition coefficient (Wildman–Crippen LogP) is 2.37. The normalized spacial score (nSPS) is 18.9. The zero-order chi connectivity index (χ0) is 16.2. The number of nitrogens with one attached hydrogen (secondary N) is 1. The zero-order valence-electron chi connectivity index (χ0n) is 13.6. The van der Waals surface area contributed by atoms with Crippen LogP contribution in [-0.2, 0) is 13.1 Å². The molecule has 1 aromatic carbocycles. The number of hydrogen-bond donors (Lipinski definition) is 1. The van der Waals surface area contributed by atoms with E-state index < -0.39 is 0 Å². The SMILES string of the molecule is c1ccc(CN2CCC[C@@H](NCc3ccc4nonc4c3)C2)nc1. The summed E-state index contributed by atoms with van der Waals surface area (Å²) in [5.41, 5.74) is 3.97. The van der Waals surface area contributed by atoms with Crippen molar-refractivity contribution in [3.8, 4) is 0 Å². The minimum Gasteiger partial charge on any atom is -0.309 e. The Kier molecular flexibility index (Phi) is 4.49. The van der Waals surface area contributed by atoms with Gasteiger partial charge in [-0.15, -0.1) is 0 Å². The van der Waals surface area contributed by atoms with Gasteiger partial charge < -0.3 is 5.32 Å². The second-order valence-corrected chi connectivity index (χ2v) is 6.36. The Hall–Kier alpha value is -2.31. The molecule has 1 atom stereocenters. The molecule has 1 fully saturated rings. The molecule has 6 heteroatoms. The van der Waals surface area contributed by atoms with Crippen LogP contribution < -0.4 is 5.32 Å². The molecular formula is C18H21N5O. The summed E-state index contributed by atoms with van der Waals surface area (Å²) in [6.45, 7) is 3.97. The first-order valence-electron chi connectivity index (χ1n) is 8.44. The van der Waals surface area contributed by atoms with Crippen LogP contribution in [0.3, 0.4) is 0 Å². The van der Waals surface area contributed by atoms with E-state index in [1.165, 1.54) is 18.4 Å². The zero-order valence-corrected chi connectivity index (χ0v) is 13.6. The van der Waals surface area contributed by atoms with Gasteiger partial charge in [0.05, 0.1) is 5.69 Å². The van der Waals surface area contributed by atoms with Gasteiger partial charge in [-0.3, -0.25) is 9.88 Å². The lowest BCUT2D eigenvalue weighted by Crippen LogP contribution is -2.45. The summed E-state index contributed by atoms with van der Waals surface area (Å²) in [5, 5.41) is 11.4. The molecule has 3 heterocycles. The standard InChI is InChI=1S/C18H21N5O/c1-2-8-19-15(4-1)12-23-9-3-5-16(13-23)20-11-14-6-7-17-18(10-14)22-24-21-17/h1-2,4,6-8,10,16,20H,3,5,9,11-13H2/t16-/m1/s1. The van der Waals surface area contributed by atoms with Crippen LogP contribution in [0.5, 0.6) is 0 Å². The number of hydrogen-bond acceptors (Lipinski definition) is 6. The van der Waals surface area contributed by atoms with E-state index >= 15 is 0 Å². The average molecular weight is 323 g/mol. The molecule has 1 N–H and O–H groups in total. The molecule has 6 nitrogen and oxygen atoms in total. The predicted molar refractivity (Wildman–Crippen MR) is 91.2 cm³/mol. The molecule has 1 aliphatic heterocycles. The summed E-state index contributed by atoms with van der Waals surface area (Å²) >= 11 is 0. The van der Waals surface area contributed by atoms with Gasteiger partial charge in [0.25, 0.3) is 0 Å². The van der Waals surface area contributed by atoms with E-state index in [4.69, 9.17) is 4.63 Å². The van der Waals surface area contributed by atoms with Gasteiger partial charge in [-0.1, -0.05) is 12.1 Å². The molecule has 0 amide bonds. The third-order valence-electron chi connectivity index (χ3n) is 4.53. The maximum Gasteiger partial charge on any atom is 0.135 e. The monoisotopic (exact) mass is 323 g/mol. The summed E-state index contributed by atoms with van der Waals surface area (Å²) in [5.74, 6) is 0. The average Bonchev–Trinajstić information content (AvgIpc) is 3.09. The first-order chi connectivity index (χ1) is 11.9. The van der Waals surface area contributed by atoms with E-state index in [0.717, 1.165) is 42.9 Å². The van der Waals surface area contributed by atoms with Crippen LogP contribution in [0, 0.1) is 0 Å². The molecule has 0 unspecified atom stereocenters. The van der Waals surface area contributed by atoms with E-state index in [1.807, 2.05) is 24.4 Å². The van der Waals surface area contributed by atoms with Crippen molar-refractivity contribution in [3.63, 3.8) is 0 Å². The van der Waals surface area contributed by atoms with Gasteiger partial charge in [-0.25, -0.2) is 4.63 Å². The summed E-state index contributed by atoms with van der Waals surface area (Å²) in [6, 6.07) is 12.7. The van der Waals surface area contributed by atoms with Crippen molar-refractivity contribution in [2.24, 2.45) is 0 Å². The van der Waals surface area contributed by atoms with Crippen LogP contribution in [0.1, 0.15) is 24.1 Å². The van der Waals surface area contributed by atoms with Gasteiger partial charge in [-0.05, 0) is 59.5 Å². The van der Waals surface area contributed by atoms with Crippen molar-refractivity contribution in [2.75, 3.05) is 13.1 Å². The smallest absolute Gasteiger partial charge is 0.135 e. The lowest BCUT2D eigenvalue weighted by atomic mass is 10.0. The third-order valence-corrected chi connectivity index (χ3v) is 4.53. The fourth-order valence-corrected chi connectivity index (χ4v) is 3.29. The highest BCUT2D eigenvalue weighted by Gasteiger charge is 2.19. The van der Waals surface area contributed by atoms with Gasteiger partial charge >= 0.3 is 0 Å². The van der Waals surface area contributed by atoms with Crippen LogP contribution in [-0.4, -0.2) is 39.3 Å². The minimum absolute atomic E-state index is 0.508. The molecule has 0 spiro atoms. The Balaban J connectivity index is 1.32. The van der Waals surface area contributed by atoms with Gasteiger partial charge in [0, 0.05) is 31.9 Å². The number of pyridine rings is 1. The molecular weight excluding hydrogens is 302 g/mol. The quantitative estimate of drug-likeness (QED) is 0.777. The lowest BCUT2D eigenvalue weighted by molar-refractivity contribution is 0.181. The first-order valence-corrected chi connectivity index (χ1v) is 8.44. The fraction of sp³-hybridized carbons (Fsp3) is 0.389. The van der Waals surface area contributed by atoms with Gasteiger partial charge in [0.15, 0.2) is 0 Å². The number of likely N-dealkylation sites (tertiary alicyclic amines) is 1. The van der Waals surface area contributed by atoms with E-state index in [-0.39, 0.29) is 0 Å². The van der Waals surface area contributed by atoms with E-state index in [0.29, 0.717) is 6.04 Å².